The van der Waals surface area contributed by atoms with Crippen LogP contribution in [0.1, 0.15) is 5.56 Å². The second kappa shape index (κ2) is 6.97. The smallest absolute Gasteiger partial charge is 0.0468 e. The third kappa shape index (κ3) is 3.05. The number of halogens is 1. The Kier molecular flexibility index (Phi) is 4.31. The van der Waals surface area contributed by atoms with Crippen molar-refractivity contribution in [3.05, 3.63) is 102 Å². The fraction of sp³-hybridized carbons (Fsp3) is 0.0400. The molecule has 4 aromatic carbocycles. The van der Waals surface area contributed by atoms with Crippen LogP contribution >= 0.6 is 22.9 Å². The lowest BCUT2D eigenvalue weighted by atomic mass is 10.1. The average Bonchev–Trinajstić information content (AvgIpc) is 3.07. The SMILES string of the molecule is Cc1ccc(N(c2ccccc2)c2ccc3sc4cc(Cl)ccc4c3c2)cc1. The Morgan fingerprint density at radius 3 is 2.14 bits per heavy atom. The van der Waals surface area contributed by atoms with Gasteiger partial charge in [0.25, 0.3) is 0 Å². The number of para-hydroxylation sites is 1. The topological polar surface area (TPSA) is 3.24 Å². The molecule has 3 heteroatoms. The highest BCUT2D eigenvalue weighted by atomic mass is 35.5. The minimum absolute atomic E-state index is 0.782. The zero-order valence-electron chi connectivity index (χ0n) is 15.4. The van der Waals surface area contributed by atoms with Crippen molar-refractivity contribution in [2.24, 2.45) is 0 Å². The van der Waals surface area contributed by atoms with Crippen molar-refractivity contribution in [1.29, 1.82) is 0 Å². The molecule has 0 atom stereocenters. The molecule has 0 saturated heterocycles. The third-order valence-electron chi connectivity index (χ3n) is 4.98. The molecular weight excluding hydrogens is 382 g/mol. The predicted octanol–water partition coefficient (Wildman–Crippen LogP) is 8.49. The summed E-state index contributed by atoms with van der Waals surface area (Å²) in [5.74, 6) is 0. The minimum Gasteiger partial charge on any atom is -0.310 e. The van der Waals surface area contributed by atoms with Crippen LogP contribution in [0.4, 0.5) is 17.1 Å². The Morgan fingerprint density at radius 2 is 1.36 bits per heavy atom. The van der Waals surface area contributed by atoms with E-state index in [9.17, 15) is 0 Å². The summed E-state index contributed by atoms with van der Waals surface area (Å²) in [4.78, 5) is 2.30. The van der Waals surface area contributed by atoms with Crippen LogP contribution < -0.4 is 4.90 Å². The van der Waals surface area contributed by atoms with Gasteiger partial charge in [0.15, 0.2) is 0 Å². The summed E-state index contributed by atoms with van der Waals surface area (Å²) in [6, 6.07) is 32.0. The number of nitrogens with zero attached hydrogens (tertiary/aromatic N) is 1. The molecule has 0 aliphatic heterocycles. The number of hydrogen-bond acceptors (Lipinski definition) is 2. The molecule has 28 heavy (non-hydrogen) atoms. The molecule has 0 bridgehead atoms. The van der Waals surface area contributed by atoms with Gasteiger partial charge in [-0.25, -0.2) is 0 Å². The van der Waals surface area contributed by atoms with Gasteiger partial charge in [-0.1, -0.05) is 53.6 Å². The number of hydrogen-bond donors (Lipinski definition) is 0. The van der Waals surface area contributed by atoms with Gasteiger partial charge in [-0.05, 0) is 61.5 Å². The summed E-state index contributed by atoms with van der Waals surface area (Å²) in [5.41, 5.74) is 4.71. The van der Waals surface area contributed by atoms with Crippen molar-refractivity contribution in [2.45, 2.75) is 6.92 Å². The molecule has 0 fully saturated rings. The van der Waals surface area contributed by atoms with E-state index in [1.54, 1.807) is 11.3 Å². The number of rotatable bonds is 3. The van der Waals surface area contributed by atoms with E-state index in [1.165, 1.54) is 25.7 Å². The molecule has 0 N–H and O–H groups in total. The zero-order valence-corrected chi connectivity index (χ0v) is 17.0. The van der Waals surface area contributed by atoms with Crippen LogP contribution in [0, 0.1) is 6.92 Å². The molecule has 136 valence electrons. The van der Waals surface area contributed by atoms with E-state index >= 15 is 0 Å². The van der Waals surface area contributed by atoms with Gasteiger partial charge in [-0.15, -0.1) is 11.3 Å². The molecule has 0 radical (unpaired) electrons. The molecule has 0 amide bonds. The average molecular weight is 400 g/mol. The second-order valence-corrected chi connectivity index (χ2v) is 8.45. The van der Waals surface area contributed by atoms with Gasteiger partial charge in [0.2, 0.25) is 0 Å². The number of aryl methyl sites for hydroxylation is 1. The maximum atomic E-state index is 6.20. The number of thiophene rings is 1. The van der Waals surface area contributed by atoms with Crippen LogP contribution in [0.25, 0.3) is 20.2 Å². The first-order valence-electron chi connectivity index (χ1n) is 9.23. The molecule has 1 nitrogen and oxygen atoms in total. The first kappa shape index (κ1) is 17.3. The number of fused-ring (bicyclic) bond motifs is 3. The summed E-state index contributed by atoms with van der Waals surface area (Å²) < 4.78 is 2.50. The Hall–Kier alpha value is -2.81. The van der Waals surface area contributed by atoms with Crippen LogP contribution in [0.5, 0.6) is 0 Å². The van der Waals surface area contributed by atoms with Gasteiger partial charge in [0, 0.05) is 42.3 Å². The van der Waals surface area contributed by atoms with E-state index in [2.05, 4.69) is 96.8 Å². The molecule has 5 aromatic rings. The largest absolute Gasteiger partial charge is 0.310 e. The molecule has 0 unspecified atom stereocenters. The van der Waals surface area contributed by atoms with E-state index in [-0.39, 0.29) is 0 Å². The fourth-order valence-corrected chi connectivity index (χ4v) is 4.96. The summed E-state index contributed by atoms with van der Waals surface area (Å²) in [6.45, 7) is 2.12. The van der Waals surface area contributed by atoms with Crippen molar-refractivity contribution in [1.82, 2.24) is 0 Å². The first-order valence-corrected chi connectivity index (χ1v) is 10.4. The van der Waals surface area contributed by atoms with Crippen molar-refractivity contribution >= 4 is 60.2 Å². The Morgan fingerprint density at radius 1 is 0.643 bits per heavy atom. The normalized spacial score (nSPS) is 11.2. The lowest BCUT2D eigenvalue weighted by molar-refractivity contribution is 1.28. The van der Waals surface area contributed by atoms with Crippen molar-refractivity contribution in [3.8, 4) is 0 Å². The lowest BCUT2D eigenvalue weighted by Crippen LogP contribution is -2.09. The van der Waals surface area contributed by atoms with Crippen molar-refractivity contribution in [2.75, 3.05) is 4.90 Å². The number of anilines is 3. The van der Waals surface area contributed by atoms with Gasteiger partial charge in [-0.3, -0.25) is 0 Å². The van der Waals surface area contributed by atoms with Crippen LogP contribution in [0.2, 0.25) is 5.02 Å². The standard InChI is InChI=1S/C25H18ClNS/c1-17-7-10-20(11-8-17)27(19-5-3-2-4-6-19)21-12-14-24-23(16-21)22-13-9-18(26)15-25(22)28-24/h2-16H,1H3. The summed E-state index contributed by atoms with van der Waals surface area (Å²) >= 11 is 7.99. The second-order valence-electron chi connectivity index (χ2n) is 6.93. The van der Waals surface area contributed by atoms with Crippen molar-refractivity contribution in [3.63, 3.8) is 0 Å². The van der Waals surface area contributed by atoms with Crippen LogP contribution in [-0.2, 0) is 0 Å². The molecule has 0 saturated carbocycles. The zero-order chi connectivity index (χ0) is 19.1. The summed E-state index contributed by atoms with van der Waals surface area (Å²) in [7, 11) is 0. The molecule has 1 heterocycles. The number of benzene rings is 4. The Bertz CT molecular complexity index is 1270. The summed E-state index contributed by atoms with van der Waals surface area (Å²) in [5, 5.41) is 3.30. The van der Waals surface area contributed by atoms with Crippen molar-refractivity contribution < 1.29 is 0 Å². The van der Waals surface area contributed by atoms with E-state index in [0.717, 1.165) is 22.1 Å². The van der Waals surface area contributed by atoms with E-state index < -0.39 is 0 Å². The maximum Gasteiger partial charge on any atom is 0.0468 e. The lowest BCUT2D eigenvalue weighted by Gasteiger charge is -2.25. The molecule has 0 aliphatic rings. The highest BCUT2D eigenvalue weighted by Gasteiger charge is 2.14. The van der Waals surface area contributed by atoms with Gasteiger partial charge in [-0.2, -0.15) is 0 Å². The van der Waals surface area contributed by atoms with Gasteiger partial charge in [0.1, 0.15) is 0 Å². The Balaban J connectivity index is 1.73. The molecule has 5 rings (SSSR count). The maximum absolute atomic E-state index is 6.20. The van der Waals surface area contributed by atoms with Crippen LogP contribution in [0.15, 0.2) is 91.0 Å². The van der Waals surface area contributed by atoms with Gasteiger partial charge < -0.3 is 4.90 Å². The predicted molar refractivity (Wildman–Crippen MR) is 124 cm³/mol. The quantitative estimate of drug-likeness (QED) is 0.294. The monoisotopic (exact) mass is 399 g/mol. The van der Waals surface area contributed by atoms with E-state index in [1.807, 2.05) is 6.07 Å². The highest BCUT2D eigenvalue weighted by Crippen LogP contribution is 2.40. The Labute approximate surface area is 173 Å². The molecular formula is C25H18ClNS. The van der Waals surface area contributed by atoms with E-state index in [0.29, 0.717) is 0 Å². The fourth-order valence-electron chi connectivity index (χ4n) is 3.60. The van der Waals surface area contributed by atoms with Gasteiger partial charge in [0.05, 0.1) is 0 Å². The molecule has 1 aromatic heterocycles. The van der Waals surface area contributed by atoms with E-state index in [4.69, 9.17) is 11.6 Å². The molecule has 0 aliphatic carbocycles. The van der Waals surface area contributed by atoms with Crippen LogP contribution in [-0.4, -0.2) is 0 Å². The summed E-state index contributed by atoms with van der Waals surface area (Å²) in [6.07, 6.45) is 0. The minimum atomic E-state index is 0.782. The first-order chi connectivity index (χ1) is 13.7. The van der Waals surface area contributed by atoms with Gasteiger partial charge >= 0.3 is 0 Å². The molecule has 0 spiro atoms. The van der Waals surface area contributed by atoms with Crippen LogP contribution in [0.3, 0.4) is 0 Å². The third-order valence-corrected chi connectivity index (χ3v) is 6.35. The highest BCUT2D eigenvalue weighted by molar-refractivity contribution is 7.25.